The second kappa shape index (κ2) is 9.60. The van der Waals surface area contributed by atoms with Gasteiger partial charge in [-0.05, 0) is 17.7 Å². The molecule has 17 N–H and O–H groups in total. The van der Waals surface area contributed by atoms with Gasteiger partial charge >= 0.3 is 0 Å². The Kier molecular flexibility index (Phi) is 7.27. The van der Waals surface area contributed by atoms with Gasteiger partial charge in [0.25, 0.3) is 23.4 Å². The van der Waals surface area contributed by atoms with Crippen LogP contribution in [-0.4, -0.2) is 152 Å². The average molecular weight is 651 g/mol. The fraction of sp³-hybridized carbons (Fsp3) is 0.458. The number of nitrogens with zero attached hydrogens (tertiary/aromatic N) is 1. The zero-order valence-electron chi connectivity index (χ0n) is 22.8. The number of phenolic OH excluding ortho intramolecular Hbond substituents is 5. The van der Waals surface area contributed by atoms with Crippen LogP contribution in [0, 0.1) is 0 Å². The number of carbonyl (C=O) groups excluding carboxylic acids is 1. The predicted molar refractivity (Wildman–Crippen MR) is 134 cm³/mol. The Morgan fingerprint density at radius 2 is 1.11 bits per heavy atom. The molecule has 0 saturated carbocycles. The van der Waals surface area contributed by atoms with Crippen molar-refractivity contribution in [2.45, 2.75) is 53.4 Å². The fourth-order valence-corrected chi connectivity index (χ4v) is 5.51. The number of methoxy groups -OCH3 is 2. The molecular weight excluding hydrogens is 622 g/mol. The van der Waals surface area contributed by atoms with Crippen LogP contribution >= 0.6 is 0 Å². The molecule has 1 aliphatic carbocycles. The molecule has 1 unspecified atom stereocenters. The normalized spacial score (nSPS) is 24.7. The minimum atomic E-state index is -5.46. The number of fused-ring (bicyclic) bond motifs is 1. The molecule has 1 atom stereocenters. The molecule has 0 amide bonds. The highest BCUT2D eigenvalue weighted by atomic mass is 16.7. The van der Waals surface area contributed by atoms with Crippen molar-refractivity contribution in [2.24, 2.45) is 0 Å². The van der Waals surface area contributed by atoms with E-state index in [1.807, 2.05) is 0 Å². The van der Waals surface area contributed by atoms with Gasteiger partial charge < -0.3 is 96.3 Å². The molecule has 0 bridgehead atoms. The highest BCUT2D eigenvalue weighted by Gasteiger charge is 2.92. The first-order valence-corrected chi connectivity index (χ1v) is 12.2. The lowest BCUT2D eigenvalue weighted by molar-refractivity contribution is -0.623. The van der Waals surface area contributed by atoms with Crippen LogP contribution in [0.2, 0.25) is 0 Å². The van der Waals surface area contributed by atoms with Crippen LogP contribution < -0.4 is 9.47 Å². The maximum Gasteiger partial charge on any atom is 0.290 e. The zero-order valence-corrected chi connectivity index (χ0v) is 22.8. The number of benzene rings is 2. The predicted octanol–water partition coefficient (Wildman–Crippen LogP) is -6.73. The lowest BCUT2D eigenvalue weighted by Crippen LogP contribution is -2.98. The van der Waals surface area contributed by atoms with Crippen LogP contribution in [0.15, 0.2) is 12.1 Å². The maximum absolute atomic E-state index is 13.3. The van der Waals surface area contributed by atoms with Crippen molar-refractivity contribution in [3.05, 3.63) is 28.8 Å². The van der Waals surface area contributed by atoms with Crippen molar-refractivity contribution in [2.75, 3.05) is 14.2 Å². The summed E-state index contributed by atoms with van der Waals surface area (Å²) in [5.41, 5.74) is -11.8. The number of rotatable bonds is 6. The number of aliphatic hydroxyl groups is 12. The molecule has 1 heterocycles. The fourth-order valence-electron chi connectivity index (χ4n) is 5.51. The third-order valence-corrected chi connectivity index (χ3v) is 8.24. The van der Waals surface area contributed by atoms with Gasteiger partial charge in [0.05, 0.1) is 19.8 Å². The number of Topliss-reactive ketones (excluding diaryl/α,β-unsaturated/α-hetero) is 1. The number of phenols is 5. The van der Waals surface area contributed by atoms with E-state index in [0.29, 0.717) is 0 Å². The molecule has 1 saturated heterocycles. The van der Waals surface area contributed by atoms with Gasteiger partial charge in [-0.2, -0.15) is 4.90 Å². The van der Waals surface area contributed by atoms with Crippen LogP contribution in [-0.2, 0) is 13.0 Å². The Balaban J connectivity index is 1.93. The molecule has 0 aromatic heterocycles. The number of aromatic hydroxyl groups is 5. The van der Waals surface area contributed by atoms with Gasteiger partial charge in [0.15, 0.2) is 28.6 Å². The number of carbonyl (C=O) groups is 1. The van der Waals surface area contributed by atoms with E-state index in [4.69, 9.17) is 9.47 Å². The number of ketones is 1. The van der Waals surface area contributed by atoms with Crippen molar-refractivity contribution >= 4 is 5.78 Å². The molecule has 0 spiro atoms. The van der Waals surface area contributed by atoms with E-state index in [9.17, 15) is 91.6 Å². The van der Waals surface area contributed by atoms with E-state index in [2.05, 4.69) is 0 Å². The Bertz CT molecular complexity index is 1520. The molecule has 45 heavy (non-hydrogen) atoms. The van der Waals surface area contributed by atoms with Gasteiger partial charge in [0.2, 0.25) is 34.4 Å². The lowest BCUT2D eigenvalue weighted by Gasteiger charge is -2.66. The Labute approximate surface area is 249 Å². The quantitative estimate of drug-likeness (QED) is 0.0783. The molecule has 1 fully saturated rings. The van der Waals surface area contributed by atoms with Crippen LogP contribution in [0.5, 0.6) is 40.2 Å². The monoisotopic (exact) mass is 651 g/mol. The average Bonchev–Trinajstić information content (AvgIpc) is 3.22. The van der Waals surface area contributed by atoms with Crippen LogP contribution in [0.25, 0.3) is 0 Å². The molecule has 21 heteroatoms. The van der Waals surface area contributed by atoms with Crippen molar-refractivity contribution in [1.29, 1.82) is 0 Å². The van der Waals surface area contributed by atoms with E-state index in [0.717, 1.165) is 26.4 Å². The molecule has 0 radical (unpaired) electrons. The van der Waals surface area contributed by atoms with Gasteiger partial charge in [-0.1, -0.05) is 0 Å². The Hall–Kier alpha value is -3.81. The van der Waals surface area contributed by atoms with Crippen LogP contribution in [0.1, 0.15) is 21.5 Å². The van der Waals surface area contributed by atoms with E-state index >= 15 is 0 Å². The second-order valence-corrected chi connectivity index (χ2v) is 10.5. The Morgan fingerprint density at radius 3 is 1.53 bits per heavy atom. The smallest absolute Gasteiger partial charge is 0.290 e. The van der Waals surface area contributed by atoms with Crippen molar-refractivity contribution in [3.63, 3.8) is 0 Å². The standard InChI is InChI=1S/C24H29NO20/c1-44-10-3-7-5-18(32,17(31)8(7)4-11(10)45-2)20(34,35)19(33)21(36,37)23(40,41)25(24(42,43)22(19,38)39)6-9-12(26)14(28)16(30)15(29)13(9)27/h3-4,26-30,32-43H,5-6H2,1-2H3. The van der Waals surface area contributed by atoms with Gasteiger partial charge in [-0.25, -0.2) is 0 Å². The second-order valence-electron chi connectivity index (χ2n) is 10.5. The number of ether oxygens (including phenoxy) is 2. The molecule has 2 aromatic carbocycles. The first kappa shape index (κ1) is 34.1. The first-order valence-electron chi connectivity index (χ1n) is 12.2. The summed E-state index contributed by atoms with van der Waals surface area (Å²) in [6.45, 7) is -2.01. The summed E-state index contributed by atoms with van der Waals surface area (Å²) in [6, 6.07) is 1.90. The molecular formula is C24H29NO20. The number of likely N-dealkylation sites (tertiary alicyclic amines) is 1. The van der Waals surface area contributed by atoms with Crippen LogP contribution in [0.3, 0.4) is 0 Å². The molecule has 2 aliphatic rings. The van der Waals surface area contributed by atoms with Gasteiger partial charge in [0, 0.05) is 18.5 Å². The van der Waals surface area contributed by atoms with Crippen molar-refractivity contribution < 1.29 is 101 Å². The summed E-state index contributed by atoms with van der Waals surface area (Å²) in [5, 5.41) is 181. The van der Waals surface area contributed by atoms with E-state index in [1.165, 1.54) is 0 Å². The van der Waals surface area contributed by atoms with Crippen LogP contribution in [0.4, 0.5) is 0 Å². The summed E-state index contributed by atoms with van der Waals surface area (Å²) in [4.78, 5) is 12.3. The summed E-state index contributed by atoms with van der Waals surface area (Å²) < 4.78 is 10.0. The minimum Gasteiger partial charge on any atom is -0.504 e. The van der Waals surface area contributed by atoms with Gasteiger partial charge in [0.1, 0.15) is 0 Å². The molecule has 2 aromatic rings. The minimum absolute atomic E-state index is 0.105. The lowest BCUT2D eigenvalue weighted by atomic mass is 9.63. The molecule has 250 valence electrons. The van der Waals surface area contributed by atoms with Crippen molar-refractivity contribution in [1.82, 2.24) is 4.90 Å². The highest BCUT2D eigenvalue weighted by Crippen LogP contribution is 2.59. The maximum atomic E-state index is 13.3. The van der Waals surface area contributed by atoms with Crippen molar-refractivity contribution in [3.8, 4) is 40.2 Å². The molecule has 1 aliphatic heterocycles. The Morgan fingerprint density at radius 1 is 0.711 bits per heavy atom. The summed E-state index contributed by atoms with van der Waals surface area (Å²) >= 11 is 0. The van der Waals surface area contributed by atoms with E-state index in [-0.39, 0.29) is 17.1 Å². The van der Waals surface area contributed by atoms with Gasteiger partial charge in [-0.15, -0.1) is 0 Å². The van der Waals surface area contributed by atoms with Gasteiger partial charge in [-0.3, -0.25) is 4.79 Å². The molecule has 4 rings (SSSR count). The highest BCUT2D eigenvalue weighted by molar-refractivity contribution is 6.08. The first-order chi connectivity index (χ1) is 20.3. The third kappa shape index (κ3) is 3.74. The third-order valence-electron chi connectivity index (χ3n) is 8.24. The number of piperidine rings is 1. The largest absolute Gasteiger partial charge is 0.504 e. The molecule has 21 nitrogen and oxygen atoms in total. The number of hydrogen-bond donors (Lipinski definition) is 17. The topological polar surface area (TPSA) is 383 Å². The summed E-state index contributed by atoms with van der Waals surface area (Å²) in [7, 11) is 2.27. The van der Waals surface area contributed by atoms with E-state index in [1.54, 1.807) is 0 Å². The SMILES string of the molecule is COc1cc2c(cc1OC)C(=O)C(O)(C(O)(O)C1(O)C(O)(O)C(O)(O)N(Cc3c(O)c(O)c(O)c(O)c3O)C(O)(O)C1(O)O)C2. The number of hydrogen-bond acceptors (Lipinski definition) is 21. The summed E-state index contributed by atoms with van der Waals surface area (Å²) in [6.07, 6.45) is -1.34. The summed E-state index contributed by atoms with van der Waals surface area (Å²) in [5.74, 6) is -36.2. The van der Waals surface area contributed by atoms with E-state index < -0.39 is 104 Å². The zero-order chi connectivity index (χ0) is 34.7.